The van der Waals surface area contributed by atoms with Gasteiger partial charge in [0.15, 0.2) is 0 Å². The molecule has 1 aromatic rings. The highest BCUT2D eigenvalue weighted by Crippen LogP contribution is 2.36. The van der Waals surface area contributed by atoms with Gasteiger partial charge >= 0.3 is 6.18 Å². The highest BCUT2D eigenvalue weighted by Gasteiger charge is 2.32. The van der Waals surface area contributed by atoms with E-state index in [1.54, 1.807) is 0 Å². The van der Waals surface area contributed by atoms with Crippen LogP contribution < -0.4 is 0 Å². The number of hydrogen-bond donors (Lipinski definition) is 0. The zero-order chi connectivity index (χ0) is 8.48. The first-order valence-electron chi connectivity index (χ1n) is 2.53. The minimum atomic E-state index is -4.37. The van der Waals surface area contributed by atoms with Crippen LogP contribution in [0.15, 0.2) is 16.6 Å². The molecular formula is C5H2F3NOS. The van der Waals surface area contributed by atoms with E-state index in [2.05, 4.69) is 5.18 Å². The van der Waals surface area contributed by atoms with Gasteiger partial charge in [0.2, 0.25) is 0 Å². The standard InChI is InChI=1S/C5H2F3NOS/c6-5(7,8)4-1-3(9-10)2-11-4/h1-2H. The molecule has 0 fully saturated rings. The first kappa shape index (κ1) is 8.19. The van der Waals surface area contributed by atoms with Gasteiger partial charge < -0.3 is 0 Å². The van der Waals surface area contributed by atoms with E-state index in [-0.39, 0.29) is 5.69 Å². The Morgan fingerprint density at radius 1 is 1.45 bits per heavy atom. The van der Waals surface area contributed by atoms with Crippen LogP contribution in [0.5, 0.6) is 0 Å². The summed E-state index contributed by atoms with van der Waals surface area (Å²) in [6.07, 6.45) is -4.37. The fourth-order valence-corrected chi connectivity index (χ4v) is 1.20. The minimum absolute atomic E-state index is 0.178. The third-order valence-electron chi connectivity index (χ3n) is 0.970. The van der Waals surface area contributed by atoms with E-state index < -0.39 is 11.1 Å². The smallest absolute Gasteiger partial charge is 0.165 e. The van der Waals surface area contributed by atoms with Crippen molar-refractivity contribution < 1.29 is 13.2 Å². The Bertz CT molecular complexity index is 267. The van der Waals surface area contributed by atoms with Gasteiger partial charge in [0.1, 0.15) is 10.6 Å². The van der Waals surface area contributed by atoms with Crippen LogP contribution in [0.25, 0.3) is 0 Å². The lowest BCUT2D eigenvalue weighted by Crippen LogP contribution is -2.00. The van der Waals surface area contributed by atoms with Crippen molar-refractivity contribution >= 4 is 17.0 Å². The van der Waals surface area contributed by atoms with E-state index in [9.17, 15) is 18.1 Å². The minimum Gasteiger partial charge on any atom is -0.165 e. The van der Waals surface area contributed by atoms with E-state index >= 15 is 0 Å². The van der Waals surface area contributed by atoms with Crippen LogP contribution in [0, 0.1) is 4.91 Å². The fraction of sp³-hybridized carbons (Fsp3) is 0.200. The van der Waals surface area contributed by atoms with E-state index in [0.29, 0.717) is 11.3 Å². The van der Waals surface area contributed by atoms with Gasteiger partial charge in [0.25, 0.3) is 0 Å². The predicted molar refractivity (Wildman–Crippen MR) is 34.8 cm³/mol. The van der Waals surface area contributed by atoms with E-state index in [4.69, 9.17) is 0 Å². The zero-order valence-corrected chi connectivity index (χ0v) is 5.87. The van der Waals surface area contributed by atoms with Crippen molar-refractivity contribution in [3.05, 3.63) is 21.2 Å². The van der Waals surface area contributed by atoms with Crippen molar-refractivity contribution in [1.29, 1.82) is 0 Å². The second-order valence-corrected chi connectivity index (χ2v) is 2.67. The molecule has 60 valence electrons. The number of rotatable bonds is 1. The van der Waals surface area contributed by atoms with Crippen LogP contribution in [0.3, 0.4) is 0 Å². The van der Waals surface area contributed by atoms with Gasteiger partial charge in [-0.3, -0.25) is 0 Å². The summed E-state index contributed by atoms with van der Waals surface area (Å²) in [7, 11) is 0. The molecule has 0 amide bonds. The van der Waals surface area contributed by atoms with Gasteiger partial charge in [-0.1, -0.05) is 0 Å². The molecule has 0 spiro atoms. The number of alkyl halides is 3. The molecule has 0 atom stereocenters. The molecule has 0 aromatic carbocycles. The summed E-state index contributed by atoms with van der Waals surface area (Å²) in [6.45, 7) is 0. The molecule has 1 aromatic heterocycles. The van der Waals surface area contributed by atoms with Gasteiger partial charge in [-0.15, -0.1) is 16.2 Å². The number of halogens is 3. The van der Waals surface area contributed by atoms with E-state index in [0.717, 1.165) is 11.4 Å². The van der Waals surface area contributed by atoms with Crippen molar-refractivity contribution in [1.82, 2.24) is 0 Å². The van der Waals surface area contributed by atoms with Gasteiger partial charge in [-0.2, -0.15) is 13.2 Å². The molecule has 0 saturated carbocycles. The van der Waals surface area contributed by atoms with Crippen LogP contribution in [0.1, 0.15) is 4.88 Å². The fourth-order valence-electron chi connectivity index (χ4n) is 0.523. The molecular weight excluding hydrogens is 179 g/mol. The topological polar surface area (TPSA) is 29.4 Å². The summed E-state index contributed by atoms with van der Waals surface area (Å²) < 4.78 is 35.4. The monoisotopic (exact) mass is 181 g/mol. The van der Waals surface area contributed by atoms with Crippen molar-refractivity contribution in [2.24, 2.45) is 5.18 Å². The van der Waals surface area contributed by atoms with Gasteiger partial charge in [0.05, 0.1) is 0 Å². The molecule has 0 bridgehead atoms. The average Bonchev–Trinajstić information content (AvgIpc) is 2.32. The zero-order valence-electron chi connectivity index (χ0n) is 5.05. The number of hydrogen-bond acceptors (Lipinski definition) is 3. The lowest BCUT2D eigenvalue weighted by atomic mass is 10.4. The van der Waals surface area contributed by atoms with Crippen LogP contribution in [0.4, 0.5) is 18.9 Å². The molecule has 0 radical (unpaired) electrons. The number of nitroso groups, excluding NO2 is 1. The van der Waals surface area contributed by atoms with Crippen LogP contribution in [0.2, 0.25) is 0 Å². The third-order valence-corrected chi connectivity index (χ3v) is 1.93. The summed E-state index contributed by atoms with van der Waals surface area (Å²) in [5.74, 6) is 0. The number of thiophene rings is 1. The van der Waals surface area contributed by atoms with E-state index in [1.807, 2.05) is 0 Å². The Hall–Kier alpha value is -0.910. The van der Waals surface area contributed by atoms with E-state index in [1.165, 1.54) is 0 Å². The van der Waals surface area contributed by atoms with Crippen molar-refractivity contribution in [2.45, 2.75) is 6.18 Å². The molecule has 0 N–H and O–H groups in total. The Labute approximate surface area is 63.6 Å². The normalized spacial score (nSPS) is 11.5. The molecule has 6 heteroatoms. The predicted octanol–water partition coefficient (Wildman–Crippen LogP) is 3.16. The van der Waals surface area contributed by atoms with Crippen molar-refractivity contribution in [3.63, 3.8) is 0 Å². The Kier molecular flexibility index (Phi) is 1.95. The maximum atomic E-state index is 11.8. The lowest BCUT2D eigenvalue weighted by Gasteiger charge is -1.99. The molecule has 2 nitrogen and oxygen atoms in total. The van der Waals surface area contributed by atoms with Crippen molar-refractivity contribution in [2.75, 3.05) is 0 Å². The van der Waals surface area contributed by atoms with Crippen molar-refractivity contribution in [3.8, 4) is 0 Å². The summed E-state index contributed by atoms with van der Waals surface area (Å²) in [5.41, 5.74) is -0.178. The highest BCUT2D eigenvalue weighted by molar-refractivity contribution is 7.10. The molecule has 0 saturated heterocycles. The second-order valence-electron chi connectivity index (χ2n) is 1.76. The summed E-state index contributed by atoms with van der Waals surface area (Å²) >= 11 is 0.462. The highest BCUT2D eigenvalue weighted by atomic mass is 32.1. The first-order chi connectivity index (χ1) is 5.04. The summed E-state index contributed by atoms with van der Waals surface area (Å²) in [6, 6.07) is 0.720. The largest absolute Gasteiger partial charge is 0.425 e. The molecule has 1 rings (SSSR count). The average molecular weight is 181 g/mol. The molecule has 0 unspecified atom stereocenters. The van der Waals surface area contributed by atoms with Gasteiger partial charge in [-0.25, -0.2) is 0 Å². The number of nitrogens with zero attached hydrogens (tertiary/aromatic N) is 1. The summed E-state index contributed by atoms with van der Waals surface area (Å²) in [5, 5.41) is 3.43. The SMILES string of the molecule is O=Nc1csc(C(F)(F)F)c1. The van der Waals surface area contributed by atoms with Crippen LogP contribution in [-0.4, -0.2) is 0 Å². The quantitative estimate of drug-likeness (QED) is 0.612. The van der Waals surface area contributed by atoms with Gasteiger partial charge in [-0.05, 0) is 11.2 Å². The second kappa shape index (κ2) is 2.61. The molecule has 0 aliphatic heterocycles. The Balaban J connectivity index is 2.98. The van der Waals surface area contributed by atoms with Crippen LogP contribution >= 0.6 is 11.3 Å². The Morgan fingerprint density at radius 3 is 2.36 bits per heavy atom. The molecule has 0 aliphatic carbocycles. The Morgan fingerprint density at radius 2 is 2.09 bits per heavy atom. The molecule has 11 heavy (non-hydrogen) atoms. The first-order valence-corrected chi connectivity index (χ1v) is 3.41. The maximum absolute atomic E-state index is 11.8. The van der Waals surface area contributed by atoms with Crippen LogP contribution in [-0.2, 0) is 6.18 Å². The third kappa shape index (κ3) is 1.76. The summed E-state index contributed by atoms with van der Waals surface area (Å²) in [4.78, 5) is 8.94. The molecule has 0 aliphatic rings. The lowest BCUT2D eigenvalue weighted by molar-refractivity contribution is -0.134. The van der Waals surface area contributed by atoms with Gasteiger partial charge in [0, 0.05) is 5.38 Å². The maximum Gasteiger partial charge on any atom is 0.425 e. The molecule has 1 heterocycles.